The van der Waals surface area contributed by atoms with Gasteiger partial charge in [0.05, 0.1) is 30.2 Å². The van der Waals surface area contributed by atoms with Crippen molar-refractivity contribution < 1.29 is 19.4 Å². The van der Waals surface area contributed by atoms with E-state index in [1.165, 1.54) is 26.4 Å². The van der Waals surface area contributed by atoms with Crippen molar-refractivity contribution in [2.75, 3.05) is 14.2 Å². The van der Waals surface area contributed by atoms with E-state index in [1.54, 1.807) is 0 Å². The van der Waals surface area contributed by atoms with Gasteiger partial charge in [0.2, 0.25) is 0 Å². The van der Waals surface area contributed by atoms with Crippen molar-refractivity contribution in [2.45, 2.75) is 13.2 Å². The van der Waals surface area contributed by atoms with E-state index in [2.05, 4.69) is 4.98 Å². The van der Waals surface area contributed by atoms with E-state index < -0.39 is 5.97 Å². The highest BCUT2D eigenvalue weighted by Crippen LogP contribution is 2.08. The molecule has 0 unspecified atom stereocenters. The second-order valence-electron chi connectivity index (χ2n) is 3.01. The normalized spacial score (nSPS) is 10.3. The van der Waals surface area contributed by atoms with Crippen LogP contribution in [0.3, 0.4) is 0 Å². The number of carboxylic acids is 1. The van der Waals surface area contributed by atoms with Gasteiger partial charge in [-0.05, 0) is 12.1 Å². The second-order valence-corrected chi connectivity index (χ2v) is 3.01. The summed E-state index contributed by atoms with van der Waals surface area (Å²) in [6, 6.07) is 2.98. The van der Waals surface area contributed by atoms with Crippen LogP contribution in [0, 0.1) is 0 Å². The lowest BCUT2D eigenvalue weighted by atomic mass is 10.2. The van der Waals surface area contributed by atoms with E-state index >= 15 is 0 Å². The Morgan fingerprint density at radius 2 is 1.73 bits per heavy atom. The molecule has 0 fully saturated rings. The zero-order valence-corrected chi connectivity index (χ0v) is 8.69. The van der Waals surface area contributed by atoms with Crippen molar-refractivity contribution in [3.63, 3.8) is 0 Å². The van der Waals surface area contributed by atoms with E-state index in [1.807, 2.05) is 0 Å². The fraction of sp³-hybridized carbons (Fsp3) is 0.400. The molecule has 1 rings (SSSR count). The molecule has 0 radical (unpaired) electrons. The summed E-state index contributed by atoms with van der Waals surface area (Å²) < 4.78 is 9.80. The molecule has 0 aromatic carbocycles. The van der Waals surface area contributed by atoms with Crippen LogP contribution in [-0.2, 0) is 22.7 Å². The molecule has 0 aliphatic rings. The van der Waals surface area contributed by atoms with Crippen LogP contribution in [-0.4, -0.2) is 30.3 Å². The monoisotopic (exact) mass is 211 g/mol. The molecule has 0 atom stereocenters. The lowest BCUT2D eigenvalue weighted by Gasteiger charge is -2.05. The Kier molecular flexibility index (Phi) is 4.20. The van der Waals surface area contributed by atoms with Crippen LogP contribution in [0.25, 0.3) is 0 Å². The van der Waals surface area contributed by atoms with Crippen LogP contribution < -0.4 is 0 Å². The third kappa shape index (κ3) is 3.30. The first-order valence-corrected chi connectivity index (χ1v) is 4.38. The molecule has 0 aliphatic heterocycles. The lowest BCUT2D eigenvalue weighted by Crippen LogP contribution is -2.05. The molecular weight excluding hydrogens is 198 g/mol. The zero-order chi connectivity index (χ0) is 11.3. The molecule has 5 heteroatoms. The van der Waals surface area contributed by atoms with E-state index in [0.29, 0.717) is 11.4 Å². The molecule has 0 amide bonds. The van der Waals surface area contributed by atoms with Gasteiger partial charge in [-0.2, -0.15) is 0 Å². The highest BCUT2D eigenvalue weighted by atomic mass is 16.5. The topological polar surface area (TPSA) is 68.7 Å². The molecule has 1 heterocycles. The smallest absolute Gasteiger partial charge is 0.335 e. The Labute approximate surface area is 87.7 Å². The maximum absolute atomic E-state index is 10.8. The standard InChI is InChI=1S/C10H13NO4/c1-14-5-8-3-7(10(12)13)4-9(11-8)6-15-2/h3-4H,5-6H2,1-2H3,(H,12,13). The number of carboxylic acid groups (broad SMARTS) is 1. The number of methoxy groups -OCH3 is 2. The maximum Gasteiger partial charge on any atom is 0.335 e. The Bertz CT molecular complexity index is 327. The Morgan fingerprint density at radius 1 is 1.27 bits per heavy atom. The largest absolute Gasteiger partial charge is 0.478 e. The van der Waals surface area contributed by atoms with Gasteiger partial charge in [0.25, 0.3) is 0 Å². The van der Waals surface area contributed by atoms with Crippen molar-refractivity contribution in [3.05, 3.63) is 29.1 Å². The first-order valence-electron chi connectivity index (χ1n) is 4.38. The molecular formula is C10H13NO4. The average molecular weight is 211 g/mol. The Balaban J connectivity index is 3.02. The van der Waals surface area contributed by atoms with Crippen LogP contribution in [0.1, 0.15) is 21.7 Å². The summed E-state index contributed by atoms with van der Waals surface area (Å²) in [7, 11) is 3.07. The van der Waals surface area contributed by atoms with Crippen molar-refractivity contribution in [3.8, 4) is 0 Å². The number of rotatable bonds is 5. The van der Waals surface area contributed by atoms with Crippen molar-refractivity contribution in [1.82, 2.24) is 4.98 Å². The number of aromatic carboxylic acids is 1. The second kappa shape index (κ2) is 5.43. The molecule has 15 heavy (non-hydrogen) atoms. The Morgan fingerprint density at radius 3 is 2.07 bits per heavy atom. The molecule has 0 saturated heterocycles. The summed E-state index contributed by atoms with van der Waals surface area (Å²) in [4.78, 5) is 15.0. The minimum Gasteiger partial charge on any atom is -0.478 e. The first kappa shape index (κ1) is 11.6. The lowest BCUT2D eigenvalue weighted by molar-refractivity contribution is 0.0696. The van der Waals surface area contributed by atoms with Crippen molar-refractivity contribution in [1.29, 1.82) is 0 Å². The minimum atomic E-state index is -0.980. The van der Waals surface area contributed by atoms with E-state index in [9.17, 15) is 4.79 Å². The van der Waals surface area contributed by atoms with Crippen LogP contribution in [0.5, 0.6) is 0 Å². The van der Waals surface area contributed by atoms with Crippen LogP contribution in [0.15, 0.2) is 12.1 Å². The molecule has 0 aliphatic carbocycles. The highest BCUT2D eigenvalue weighted by Gasteiger charge is 2.08. The SMILES string of the molecule is COCc1cc(C(=O)O)cc(COC)n1. The zero-order valence-electron chi connectivity index (χ0n) is 8.69. The predicted molar refractivity (Wildman–Crippen MR) is 52.6 cm³/mol. The van der Waals surface area contributed by atoms with Gasteiger partial charge in [-0.15, -0.1) is 0 Å². The van der Waals surface area contributed by atoms with Gasteiger partial charge in [-0.1, -0.05) is 0 Å². The molecule has 0 bridgehead atoms. The van der Waals surface area contributed by atoms with Crippen LogP contribution in [0.4, 0.5) is 0 Å². The third-order valence-corrected chi connectivity index (χ3v) is 1.76. The summed E-state index contributed by atoms with van der Waals surface area (Å²) in [5.74, 6) is -0.980. The van der Waals surface area contributed by atoms with E-state index in [-0.39, 0.29) is 18.8 Å². The van der Waals surface area contributed by atoms with Gasteiger partial charge in [0.15, 0.2) is 0 Å². The molecule has 5 nitrogen and oxygen atoms in total. The third-order valence-electron chi connectivity index (χ3n) is 1.76. The summed E-state index contributed by atoms with van der Waals surface area (Å²) in [6.07, 6.45) is 0. The molecule has 0 saturated carbocycles. The molecule has 82 valence electrons. The molecule has 1 aromatic rings. The quantitative estimate of drug-likeness (QED) is 0.789. The summed E-state index contributed by atoms with van der Waals surface area (Å²) >= 11 is 0. The van der Waals surface area contributed by atoms with Crippen LogP contribution >= 0.6 is 0 Å². The van der Waals surface area contributed by atoms with Gasteiger partial charge in [-0.25, -0.2) is 4.79 Å². The summed E-state index contributed by atoms with van der Waals surface area (Å²) in [5, 5.41) is 8.86. The van der Waals surface area contributed by atoms with Gasteiger partial charge < -0.3 is 14.6 Å². The van der Waals surface area contributed by atoms with Crippen molar-refractivity contribution >= 4 is 5.97 Å². The summed E-state index contributed by atoms with van der Waals surface area (Å²) in [6.45, 7) is 0.579. The Hall–Kier alpha value is -1.46. The number of pyridine rings is 1. The van der Waals surface area contributed by atoms with Crippen LogP contribution in [0.2, 0.25) is 0 Å². The van der Waals surface area contributed by atoms with E-state index in [4.69, 9.17) is 14.6 Å². The first-order chi connectivity index (χ1) is 7.17. The number of ether oxygens (including phenoxy) is 2. The van der Waals surface area contributed by atoms with Crippen molar-refractivity contribution in [2.24, 2.45) is 0 Å². The molecule has 1 N–H and O–H groups in total. The summed E-state index contributed by atoms with van der Waals surface area (Å²) in [5.41, 5.74) is 1.37. The maximum atomic E-state index is 10.8. The van der Waals surface area contributed by atoms with Gasteiger partial charge >= 0.3 is 5.97 Å². The fourth-order valence-electron chi connectivity index (χ4n) is 1.22. The highest BCUT2D eigenvalue weighted by molar-refractivity contribution is 5.87. The van der Waals surface area contributed by atoms with Gasteiger partial charge in [0, 0.05) is 14.2 Å². The minimum absolute atomic E-state index is 0.198. The number of hydrogen-bond acceptors (Lipinski definition) is 4. The molecule has 0 spiro atoms. The average Bonchev–Trinajstić information content (AvgIpc) is 2.18. The fourth-order valence-corrected chi connectivity index (χ4v) is 1.22. The van der Waals surface area contributed by atoms with Gasteiger partial charge in [-0.3, -0.25) is 4.98 Å². The number of carbonyl (C=O) groups is 1. The number of hydrogen-bond donors (Lipinski definition) is 1. The number of aromatic nitrogens is 1. The van der Waals surface area contributed by atoms with E-state index in [0.717, 1.165) is 0 Å². The molecule has 1 aromatic heterocycles. The van der Waals surface area contributed by atoms with Gasteiger partial charge in [0.1, 0.15) is 0 Å². The number of nitrogens with zero attached hydrogens (tertiary/aromatic N) is 1. The predicted octanol–water partition coefficient (Wildman–Crippen LogP) is 1.07.